The number of likely N-dealkylation sites (tertiary alicyclic amines) is 2. The first kappa shape index (κ1) is 62.2. The second-order valence-electron chi connectivity index (χ2n) is 21.3. The van der Waals surface area contributed by atoms with Crippen molar-refractivity contribution in [3.63, 3.8) is 0 Å². The molecule has 19 heteroatoms. The maximum atomic E-state index is 14.1. The van der Waals surface area contributed by atoms with Crippen LogP contribution in [0.25, 0.3) is 0 Å². The number of benzene rings is 5. The Morgan fingerprint density at radius 2 is 0.987 bits per heavy atom. The predicted octanol–water partition coefficient (Wildman–Crippen LogP) is 8.78. The van der Waals surface area contributed by atoms with E-state index in [0.717, 1.165) is 50.1 Å². The van der Waals surface area contributed by atoms with E-state index in [4.69, 9.17) is 37.8 Å². The van der Waals surface area contributed by atoms with Gasteiger partial charge < -0.3 is 29.1 Å². The molecule has 0 radical (unpaired) electrons. The summed E-state index contributed by atoms with van der Waals surface area (Å²) < 4.78 is 59.6. The second kappa shape index (κ2) is 27.0. The van der Waals surface area contributed by atoms with Gasteiger partial charge in [-0.2, -0.15) is 0 Å². The van der Waals surface area contributed by atoms with E-state index in [-0.39, 0.29) is 92.7 Å². The van der Waals surface area contributed by atoms with Crippen molar-refractivity contribution in [2.24, 2.45) is 5.14 Å². The summed E-state index contributed by atoms with van der Waals surface area (Å²) in [5, 5.41) is 6.32. The molecule has 4 amide bonds. The van der Waals surface area contributed by atoms with E-state index >= 15 is 0 Å². The molecule has 5 aromatic carbocycles. The lowest BCUT2D eigenvalue weighted by Crippen LogP contribution is -2.68. The number of nitrogens with two attached hydrogens (primary N) is 1. The number of carbonyl (C=O) groups excluding carboxylic acids is 4. The minimum absolute atomic E-state index is 0.0424. The molecule has 2 N–H and O–H groups in total. The normalized spacial score (nSPS) is 16.9. The highest BCUT2D eigenvalue weighted by molar-refractivity contribution is 7.91. The Labute approximate surface area is 477 Å². The van der Waals surface area contributed by atoms with Crippen LogP contribution in [0.4, 0.5) is 0 Å². The Morgan fingerprint density at radius 3 is 1.35 bits per heavy atom. The molecule has 0 aliphatic carbocycles. The van der Waals surface area contributed by atoms with Crippen LogP contribution in [-0.2, 0) is 71.4 Å². The number of carbonyl (C=O) groups is 4. The first-order chi connectivity index (χ1) is 37.2. The van der Waals surface area contributed by atoms with Crippen LogP contribution in [-0.4, -0.2) is 129 Å². The highest BCUT2D eigenvalue weighted by Gasteiger charge is 2.52. The average Bonchev–Trinajstić information content (AvgIpc) is 3.57. The first-order valence-electron chi connectivity index (χ1n) is 26.5. The molecule has 15 nitrogen and oxygen atoms in total. The number of hydrogen-bond acceptors (Lipinski definition) is 10. The number of aryl methyl sites for hydroxylation is 5. The predicted molar refractivity (Wildman–Crippen MR) is 312 cm³/mol. The van der Waals surface area contributed by atoms with Gasteiger partial charge >= 0.3 is 0 Å². The summed E-state index contributed by atoms with van der Waals surface area (Å²) in [5.41, 5.74) is 6.77. The molecule has 2 unspecified atom stereocenters. The average molecular weight is 1160 g/mol. The molecular formula is C60H75Cl2N5O10S2. The van der Waals surface area contributed by atoms with Gasteiger partial charge in [-0.15, -0.1) is 0 Å². The van der Waals surface area contributed by atoms with Crippen molar-refractivity contribution >= 4 is 66.7 Å². The van der Waals surface area contributed by atoms with Crippen LogP contribution < -0.4 is 14.6 Å². The van der Waals surface area contributed by atoms with E-state index in [1.165, 1.54) is 0 Å². The smallest absolute Gasteiger partial charge is 0.248 e. The maximum absolute atomic E-state index is 14.1. The molecule has 426 valence electrons. The molecule has 2 aliphatic heterocycles. The number of primary sulfonamides is 1. The molecule has 0 saturated carbocycles. The Kier molecular flexibility index (Phi) is 21.3. The topological polar surface area (TPSA) is 194 Å². The Hall–Kier alpha value is -5.98. The van der Waals surface area contributed by atoms with Crippen molar-refractivity contribution in [1.82, 2.24) is 19.6 Å². The van der Waals surface area contributed by atoms with E-state index < -0.39 is 30.9 Å². The lowest BCUT2D eigenvalue weighted by Gasteiger charge is -2.51. The lowest BCUT2D eigenvalue weighted by atomic mass is 9.84. The molecule has 5 aromatic rings. The summed E-state index contributed by atoms with van der Waals surface area (Å²) in [5.74, 6) is 0.317. The van der Waals surface area contributed by atoms with Gasteiger partial charge in [-0.25, -0.2) is 22.0 Å². The fourth-order valence-corrected chi connectivity index (χ4v) is 12.5. The quantitative estimate of drug-likeness (QED) is 0.0661. The zero-order valence-electron chi connectivity index (χ0n) is 46.6. The van der Waals surface area contributed by atoms with Crippen LogP contribution in [0.5, 0.6) is 11.5 Å². The highest BCUT2D eigenvalue weighted by atomic mass is 35.5. The van der Waals surface area contributed by atoms with E-state index in [1.807, 2.05) is 89.2 Å². The molecule has 2 saturated heterocycles. The molecule has 7 rings (SSSR count). The molecule has 2 atom stereocenters. The summed E-state index contributed by atoms with van der Waals surface area (Å²) in [6.45, 7) is 13.6. The molecule has 0 bridgehead atoms. The Balaban J connectivity index is 0.000000265. The van der Waals surface area contributed by atoms with Crippen molar-refractivity contribution in [1.29, 1.82) is 0 Å². The van der Waals surface area contributed by atoms with Gasteiger partial charge in [0, 0.05) is 55.4 Å². The van der Waals surface area contributed by atoms with E-state index in [1.54, 1.807) is 77.1 Å². The number of sulfone groups is 1. The first-order valence-corrected chi connectivity index (χ1v) is 30.7. The summed E-state index contributed by atoms with van der Waals surface area (Å²) in [6, 6.07) is 31.8. The third kappa shape index (κ3) is 17.3. The minimum atomic E-state index is -3.64. The lowest BCUT2D eigenvalue weighted by molar-refractivity contribution is -0.164. The van der Waals surface area contributed by atoms with Crippen LogP contribution in [0, 0.1) is 27.7 Å². The molecular weight excluding hydrogens is 1090 g/mol. The van der Waals surface area contributed by atoms with Crippen molar-refractivity contribution in [2.45, 2.75) is 111 Å². The van der Waals surface area contributed by atoms with E-state index in [2.05, 4.69) is 12.1 Å². The van der Waals surface area contributed by atoms with Gasteiger partial charge in [0.05, 0.1) is 44.3 Å². The monoisotopic (exact) mass is 1160 g/mol. The maximum Gasteiger partial charge on any atom is 0.248 e. The molecule has 0 aromatic heterocycles. The van der Waals surface area contributed by atoms with Crippen molar-refractivity contribution < 1.29 is 45.5 Å². The van der Waals surface area contributed by atoms with Crippen LogP contribution in [0.3, 0.4) is 0 Å². The zero-order chi connectivity index (χ0) is 57.9. The van der Waals surface area contributed by atoms with Crippen LogP contribution in [0.2, 0.25) is 10.0 Å². The van der Waals surface area contributed by atoms with Crippen LogP contribution >= 0.6 is 23.2 Å². The highest BCUT2D eigenvalue weighted by Crippen LogP contribution is 2.36. The van der Waals surface area contributed by atoms with Crippen molar-refractivity contribution in [3.8, 4) is 11.5 Å². The standard InChI is InChI=1S/C35H43ClN2O6S.C25H32ClN3O4S/c1-25-19-26(2)21-28(20-25)22-33(39)38-16-14-35(38,3)34(40)37(24-27-7-10-30(36)11-8-27)15-6-17-45(41,42)18-13-29-9-12-31(43-4)23-32(29)44-5;1-18-13-19(2)15-21(14-18)16-23(30)29-11-9-25(29,3)24(31)28(10-4-12-34(27,32)33)17-20-5-7-22(26)8-6-20/h7-12,19-21,23H,6,13-18,22,24H2,1-5H3;5-8,13-15H,4,9-12,16-17H2,1-3H3,(H2,27,32,33). The molecule has 2 aliphatic rings. The zero-order valence-corrected chi connectivity index (χ0v) is 49.8. The van der Waals surface area contributed by atoms with Crippen molar-refractivity contribution in [3.05, 3.63) is 163 Å². The SMILES string of the molecule is COc1ccc(CCS(=O)(=O)CCCN(Cc2ccc(Cl)cc2)C(=O)C2(C)CCN2C(=O)Cc2cc(C)cc(C)c2)c(OC)c1.Cc1cc(C)cc(CC(=O)N2CCC2(C)C(=O)N(CCCS(N)(=O)=O)Cc2ccc(Cl)cc2)c1. The number of nitrogens with zero attached hydrogens (tertiary/aromatic N) is 4. The van der Waals surface area contributed by atoms with Crippen LogP contribution in [0.1, 0.15) is 89.6 Å². The Bertz CT molecular complexity index is 3170. The summed E-state index contributed by atoms with van der Waals surface area (Å²) in [4.78, 5) is 61.0. The number of amides is 4. The number of hydrogen-bond donors (Lipinski definition) is 1. The van der Waals surface area contributed by atoms with E-state index in [9.17, 15) is 36.0 Å². The summed E-state index contributed by atoms with van der Waals surface area (Å²) in [7, 11) is -3.95. The fourth-order valence-electron chi connectivity index (χ4n) is 10.4. The summed E-state index contributed by atoms with van der Waals surface area (Å²) >= 11 is 12.1. The number of sulfonamides is 1. The Morgan fingerprint density at radius 1 is 0.570 bits per heavy atom. The number of halogens is 2. The number of ether oxygens (including phenoxy) is 2. The molecule has 0 spiro atoms. The second-order valence-corrected chi connectivity index (χ2v) is 26.3. The summed E-state index contributed by atoms with van der Waals surface area (Å²) in [6.07, 6.45) is 2.34. The third-order valence-corrected chi connectivity index (χ3v) is 17.8. The molecule has 79 heavy (non-hydrogen) atoms. The van der Waals surface area contributed by atoms with Gasteiger partial charge in [0.1, 0.15) is 22.6 Å². The fraction of sp³-hybridized carbons (Fsp3) is 0.433. The van der Waals surface area contributed by atoms with Gasteiger partial charge in [-0.3, -0.25) is 19.2 Å². The van der Waals surface area contributed by atoms with E-state index in [0.29, 0.717) is 53.9 Å². The number of rotatable bonds is 23. The largest absolute Gasteiger partial charge is 0.497 e. The van der Waals surface area contributed by atoms with Crippen molar-refractivity contribution in [2.75, 3.05) is 57.7 Å². The molecule has 2 heterocycles. The third-order valence-electron chi connectivity index (χ3n) is 14.7. The van der Waals surface area contributed by atoms with Gasteiger partial charge in [-0.05, 0) is 132 Å². The minimum Gasteiger partial charge on any atom is -0.497 e. The number of methoxy groups -OCH3 is 2. The van der Waals surface area contributed by atoms with Gasteiger partial charge in [0.25, 0.3) is 0 Å². The van der Waals surface area contributed by atoms with Gasteiger partial charge in [0.15, 0.2) is 9.84 Å². The van der Waals surface area contributed by atoms with Gasteiger partial charge in [0.2, 0.25) is 33.7 Å². The molecule has 2 fully saturated rings. The van der Waals surface area contributed by atoms with Gasteiger partial charge in [-0.1, -0.05) is 112 Å². The van der Waals surface area contributed by atoms with Crippen LogP contribution in [0.15, 0.2) is 103 Å².